The van der Waals surface area contributed by atoms with Gasteiger partial charge in [-0.3, -0.25) is 5.43 Å². The maximum Gasteiger partial charge on any atom is 0.337 e. The number of nitrogens with one attached hydrogen (secondary N) is 3. The van der Waals surface area contributed by atoms with E-state index in [1.54, 1.807) is 68.4 Å². The Bertz CT molecular complexity index is 1570. The summed E-state index contributed by atoms with van der Waals surface area (Å²) in [6.45, 7) is 3.57. The molecule has 4 N–H and O–H groups in total. The van der Waals surface area contributed by atoms with Gasteiger partial charge < -0.3 is 34.7 Å². The van der Waals surface area contributed by atoms with Crippen molar-refractivity contribution in [3.63, 3.8) is 0 Å². The molecule has 2 amide bonds. The predicted molar refractivity (Wildman–Crippen MR) is 164 cm³/mol. The fourth-order valence-electron chi connectivity index (χ4n) is 4.34. The smallest absolute Gasteiger partial charge is 0.337 e. The minimum Gasteiger partial charge on any atom is -0.490 e. The number of hydrazone groups is 1. The fourth-order valence-corrected chi connectivity index (χ4v) is 4.72. The quantitative estimate of drug-likeness (QED) is 0.0889. The first-order chi connectivity index (χ1) is 21.2. The Labute approximate surface area is 262 Å². The van der Waals surface area contributed by atoms with E-state index in [9.17, 15) is 19.1 Å². The first kappa shape index (κ1) is 32.3. The molecule has 0 unspecified atom stereocenters. The Kier molecular flexibility index (Phi) is 11.2. The van der Waals surface area contributed by atoms with Gasteiger partial charge in [0.2, 0.25) is 0 Å². The summed E-state index contributed by atoms with van der Waals surface area (Å²) in [7, 11) is 1.27. The molecule has 2 atom stereocenters. The molecule has 0 radical (unpaired) electrons. The number of aliphatic hydroxyl groups is 1. The van der Waals surface area contributed by atoms with Gasteiger partial charge in [-0.1, -0.05) is 40.2 Å². The van der Waals surface area contributed by atoms with Crippen molar-refractivity contribution < 1.29 is 38.0 Å². The van der Waals surface area contributed by atoms with E-state index in [-0.39, 0.29) is 24.6 Å². The maximum atomic E-state index is 14.0. The number of aliphatic hydroxyl groups excluding tert-OH is 1. The van der Waals surface area contributed by atoms with Crippen LogP contribution in [0.5, 0.6) is 17.2 Å². The number of ether oxygens (including phenoxy) is 4. The second-order valence-electron chi connectivity index (χ2n) is 9.48. The molecule has 3 aromatic rings. The van der Waals surface area contributed by atoms with Gasteiger partial charge in [0, 0.05) is 21.3 Å². The molecule has 1 aliphatic heterocycles. The third-order valence-electron chi connectivity index (χ3n) is 6.41. The van der Waals surface area contributed by atoms with E-state index in [1.165, 1.54) is 19.4 Å². The minimum absolute atomic E-state index is 0.0316. The maximum absolute atomic E-state index is 14.0. The Morgan fingerprint density at radius 3 is 2.64 bits per heavy atom. The number of methoxy groups -OCH3 is 1. The molecule has 0 aromatic heterocycles. The molecule has 232 valence electrons. The number of hydrogen-bond acceptors (Lipinski definition) is 9. The Morgan fingerprint density at radius 1 is 1.11 bits per heavy atom. The minimum atomic E-state index is -1.20. The number of allylic oxidation sites excluding steroid dienone is 1. The number of esters is 1. The van der Waals surface area contributed by atoms with E-state index in [0.29, 0.717) is 46.2 Å². The van der Waals surface area contributed by atoms with Crippen molar-refractivity contribution in [2.45, 2.75) is 32.7 Å². The molecule has 0 fully saturated rings. The molecule has 1 aliphatic rings. The van der Waals surface area contributed by atoms with Crippen molar-refractivity contribution in [2.24, 2.45) is 5.10 Å². The van der Waals surface area contributed by atoms with Gasteiger partial charge in [0.05, 0.1) is 31.5 Å². The number of urea groups is 1. The van der Waals surface area contributed by atoms with Gasteiger partial charge >= 0.3 is 12.0 Å². The molecular weight excluding hydrogens is 639 g/mol. The van der Waals surface area contributed by atoms with E-state index in [1.807, 2.05) is 0 Å². The van der Waals surface area contributed by atoms with E-state index in [0.717, 1.165) is 4.47 Å². The molecule has 0 spiro atoms. The largest absolute Gasteiger partial charge is 0.490 e. The highest BCUT2D eigenvalue weighted by molar-refractivity contribution is 9.10. The topological polar surface area (TPSA) is 140 Å². The Hall–Kier alpha value is -4.62. The molecule has 0 bridgehead atoms. The van der Waals surface area contributed by atoms with Crippen LogP contribution in [-0.2, 0) is 16.1 Å². The highest BCUT2D eigenvalue weighted by Crippen LogP contribution is 2.35. The monoisotopic (exact) mass is 670 g/mol. The molecule has 0 aliphatic carbocycles. The molecule has 4 rings (SSSR count). The summed E-state index contributed by atoms with van der Waals surface area (Å²) in [5, 5.41) is 19.9. The second kappa shape index (κ2) is 15.2. The zero-order chi connectivity index (χ0) is 31.6. The number of amides is 2. The van der Waals surface area contributed by atoms with Gasteiger partial charge in [0.1, 0.15) is 24.8 Å². The van der Waals surface area contributed by atoms with Crippen molar-refractivity contribution in [3.05, 3.63) is 98.9 Å². The first-order valence-electron chi connectivity index (χ1n) is 13.6. The van der Waals surface area contributed by atoms with Crippen LogP contribution in [0.1, 0.15) is 36.6 Å². The highest BCUT2D eigenvalue weighted by Gasteiger charge is 2.32. The van der Waals surface area contributed by atoms with Crippen LogP contribution in [0, 0.1) is 5.82 Å². The third-order valence-corrected chi connectivity index (χ3v) is 6.91. The number of rotatable bonds is 13. The number of halogens is 2. The van der Waals surface area contributed by atoms with Crippen molar-refractivity contribution in [1.29, 1.82) is 0 Å². The third kappa shape index (κ3) is 8.26. The molecule has 1 heterocycles. The Balaban J connectivity index is 1.41. The Morgan fingerprint density at radius 2 is 1.89 bits per heavy atom. The lowest BCUT2D eigenvalue weighted by Gasteiger charge is -2.28. The van der Waals surface area contributed by atoms with Crippen LogP contribution in [0.3, 0.4) is 0 Å². The average Bonchev–Trinajstić information content (AvgIpc) is 3.00. The van der Waals surface area contributed by atoms with Crippen molar-refractivity contribution in [3.8, 4) is 17.2 Å². The van der Waals surface area contributed by atoms with Crippen LogP contribution in [0.2, 0.25) is 0 Å². The van der Waals surface area contributed by atoms with Gasteiger partial charge in [0.15, 0.2) is 17.7 Å². The summed E-state index contributed by atoms with van der Waals surface area (Å²) in [5.41, 5.74) is 4.81. The standard InChI is InChI=1S/C31H32BrFN4O7/c1-4-42-26-14-19(29-28(30(39)41-3)18(2)35-31(40)36-29)9-11-25(26)44-17-27(38)37-34-15-21-13-22(32)10-12-24(21)43-16-20-7-5-6-8-23(20)33/h5-15,27,29,37-38H,4,16-17H2,1-3H3,(H2,35,36,40)/b34-15-/t27-,29+/m0/s1. The number of nitrogens with zero attached hydrogens (tertiary/aromatic N) is 1. The molecule has 3 aromatic carbocycles. The van der Waals surface area contributed by atoms with Crippen molar-refractivity contribution in [2.75, 3.05) is 20.3 Å². The van der Waals surface area contributed by atoms with Gasteiger partial charge in [-0.2, -0.15) is 5.10 Å². The zero-order valence-corrected chi connectivity index (χ0v) is 25.8. The van der Waals surface area contributed by atoms with E-state index >= 15 is 0 Å². The molecule has 11 nitrogen and oxygen atoms in total. The normalized spacial score (nSPS) is 15.3. The lowest BCUT2D eigenvalue weighted by molar-refractivity contribution is -0.136. The molecule has 0 saturated heterocycles. The highest BCUT2D eigenvalue weighted by atomic mass is 79.9. The first-order valence-corrected chi connectivity index (χ1v) is 14.4. The summed E-state index contributed by atoms with van der Waals surface area (Å²) in [6, 6.07) is 15.4. The van der Waals surface area contributed by atoms with Gasteiger partial charge in [0.25, 0.3) is 0 Å². The molecular formula is C31H32BrFN4O7. The lowest BCUT2D eigenvalue weighted by Crippen LogP contribution is -2.45. The molecule has 0 saturated carbocycles. The summed E-state index contributed by atoms with van der Waals surface area (Å²) >= 11 is 3.42. The second-order valence-corrected chi connectivity index (χ2v) is 10.4. The van der Waals surface area contributed by atoms with Gasteiger partial charge in [-0.15, -0.1) is 0 Å². The number of carbonyl (C=O) groups is 2. The summed E-state index contributed by atoms with van der Waals surface area (Å²) < 4.78 is 37.0. The van der Waals surface area contributed by atoms with Crippen LogP contribution < -0.4 is 30.3 Å². The lowest BCUT2D eigenvalue weighted by atomic mass is 9.95. The molecule has 44 heavy (non-hydrogen) atoms. The average molecular weight is 672 g/mol. The van der Waals surface area contributed by atoms with Gasteiger partial charge in [-0.05, 0) is 55.8 Å². The number of benzene rings is 3. The predicted octanol–water partition coefficient (Wildman–Crippen LogP) is 4.69. The number of hydrogen-bond donors (Lipinski definition) is 4. The van der Waals surface area contributed by atoms with Crippen LogP contribution in [0.15, 0.2) is 81.5 Å². The number of carbonyl (C=O) groups excluding carboxylic acids is 2. The van der Waals surface area contributed by atoms with Crippen LogP contribution in [0.25, 0.3) is 0 Å². The van der Waals surface area contributed by atoms with Crippen LogP contribution in [0.4, 0.5) is 9.18 Å². The van der Waals surface area contributed by atoms with E-state index < -0.39 is 24.3 Å². The summed E-state index contributed by atoms with van der Waals surface area (Å²) in [5.74, 6) is 0.208. The van der Waals surface area contributed by atoms with Crippen LogP contribution >= 0.6 is 15.9 Å². The summed E-state index contributed by atoms with van der Waals surface area (Å²) in [4.78, 5) is 24.6. The zero-order valence-electron chi connectivity index (χ0n) is 24.2. The van der Waals surface area contributed by atoms with Gasteiger partial charge in [-0.25, -0.2) is 14.0 Å². The van der Waals surface area contributed by atoms with E-state index in [2.05, 4.69) is 37.1 Å². The van der Waals surface area contributed by atoms with Crippen molar-refractivity contribution in [1.82, 2.24) is 16.1 Å². The SMILES string of the molecule is CCOc1cc([C@H]2NC(=O)NC(C)=C2C(=O)OC)ccc1OC[C@H](O)N/N=C\c1cc(Br)ccc1OCc1ccccc1F. The fraction of sp³-hybridized carbons (Fsp3) is 0.258. The van der Waals surface area contributed by atoms with Crippen LogP contribution in [-0.4, -0.2) is 49.9 Å². The molecule has 13 heteroatoms. The summed E-state index contributed by atoms with van der Waals surface area (Å²) in [6.07, 6.45) is 0.267. The van der Waals surface area contributed by atoms with E-state index in [4.69, 9.17) is 18.9 Å². The van der Waals surface area contributed by atoms with Crippen molar-refractivity contribution >= 4 is 34.1 Å².